The van der Waals surface area contributed by atoms with Gasteiger partial charge in [0.2, 0.25) is 21.8 Å². The van der Waals surface area contributed by atoms with Gasteiger partial charge in [-0.05, 0) is 43.7 Å². The van der Waals surface area contributed by atoms with Crippen molar-refractivity contribution in [2.24, 2.45) is 5.73 Å². The number of hydrogen-bond acceptors (Lipinski definition) is 6. The Kier molecular flexibility index (Phi) is 8.63. The molecular weight excluding hydrogens is 596 g/mol. The molecule has 2 saturated heterocycles. The lowest BCUT2D eigenvalue weighted by Gasteiger charge is -2.53. The number of benzene rings is 2. The highest BCUT2D eigenvalue weighted by molar-refractivity contribution is 7.89. The van der Waals surface area contributed by atoms with Gasteiger partial charge in [0.05, 0.1) is 17.6 Å². The topological polar surface area (TPSA) is 113 Å². The molecule has 9 nitrogen and oxygen atoms in total. The van der Waals surface area contributed by atoms with Gasteiger partial charge in [0.15, 0.2) is 6.61 Å². The van der Waals surface area contributed by atoms with E-state index in [9.17, 15) is 31.2 Å². The number of nitrogens with two attached hydrogens (primary N) is 1. The molecule has 2 amide bonds. The van der Waals surface area contributed by atoms with E-state index in [2.05, 4.69) is 4.74 Å². The quantitative estimate of drug-likeness (QED) is 0.507. The van der Waals surface area contributed by atoms with Crippen LogP contribution in [-0.4, -0.2) is 84.5 Å². The molecule has 2 aliphatic rings. The number of halogens is 5. The van der Waals surface area contributed by atoms with Crippen LogP contribution < -0.4 is 10.5 Å². The molecule has 4 rings (SSSR count). The predicted octanol–water partition coefficient (Wildman–Crippen LogP) is 3.28. The lowest BCUT2D eigenvalue weighted by Crippen LogP contribution is -2.75. The third kappa shape index (κ3) is 6.18. The normalized spacial score (nSPS) is 22.6. The Bertz CT molecular complexity index is 1390. The maximum absolute atomic E-state index is 13.9. The molecule has 0 aliphatic carbocycles. The Morgan fingerprint density at radius 3 is 2.27 bits per heavy atom. The van der Waals surface area contributed by atoms with Gasteiger partial charge in [-0.1, -0.05) is 35.3 Å². The van der Waals surface area contributed by atoms with Crippen LogP contribution in [0.1, 0.15) is 19.4 Å². The van der Waals surface area contributed by atoms with Crippen LogP contribution in [0.3, 0.4) is 0 Å². The Labute approximate surface area is 239 Å². The van der Waals surface area contributed by atoms with Crippen LogP contribution in [0.5, 0.6) is 5.75 Å². The molecule has 0 saturated carbocycles. The van der Waals surface area contributed by atoms with Crippen molar-refractivity contribution in [1.82, 2.24) is 14.1 Å². The molecule has 2 N–H and O–H groups in total. The van der Waals surface area contributed by atoms with Gasteiger partial charge in [-0.15, -0.1) is 0 Å². The van der Waals surface area contributed by atoms with E-state index in [1.807, 2.05) is 0 Å². The third-order valence-electron chi connectivity index (χ3n) is 6.72. The molecule has 15 heteroatoms. The zero-order valence-electron chi connectivity index (χ0n) is 21.4. The van der Waals surface area contributed by atoms with Crippen molar-refractivity contribution >= 4 is 45.0 Å². The van der Waals surface area contributed by atoms with Gasteiger partial charge in [0, 0.05) is 30.1 Å². The van der Waals surface area contributed by atoms with Crippen LogP contribution in [0.4, 0.5) is 13.2 Å². The molecule has 2 aromatic carbocycles. The number of amides is 2. The second-order valence-corrected chi connectivity index (χ2v) is 12.5. The minimum absolute atomic E-state index is 0.0913. The lowest BCUT2D eigenvalue weighted by molar-refractivity contribution is -0.167. The van der Waals surface area contributed by atoms with Gasteiger partial charge in [0.25, 0.3) is 0 Å². The van der Waals surface area contributed by atoms with Crippen molar-refractivity contribution in [3.05, 3.63) is 58.1 Å². The second kappa shape index (κ2) is 11.4. The fourth-order valence-corrected chi connectivity index (χ4v) is 7.04. The van der Waals surface area contributed by atoms with Crippen LogP contribution in [0, 0.1) is 0 Å². The summed E-state index contributed by atoms with van der Waals surface area (Å²) < 4.78 is 71.1. The van der Waals surface area contributed by atoms with Crippen molar-refractivity contribution < 1.29 is 35.9 Å². The average Bonchev–Trinajstić information content (AvgIpc) is 2.86. The fourth-order valence-electron chi connectivity index (χ4n) is 4.81. The van der Waals surface area contributed by atoms with Crippen LogP contribution in [0.15, 0.2) is 47.4 Å². The third-order valence-corrected chi connectivity index (χ3v) is 9.32. The minimum atomic E-state index is -4.60. The molecule has 3 unspecified atom stereocenters. The molecule has 0 aromatic heterocycles. The highest BCUT2D eigenvalue weighted by Crippen LogP contribution is 2.35. The fraction of sp³-hybridized carbons (Fsp3) is 0.440. The molecule has 2 heterocycles. The number of fused-ring (bicyclic) bond motifs is 1. The number of carbonyl (C=O) groups excluding carboxylic acids is 2. The van der Waals surface area contributed by atoms with Gasteiger partial charge >= 0.3 is 6.18 Å². The van der Waals surface area contributed by atoms with Gasteiger partial charge in [-0.3, -0.25) is 9.59 Å². The van der Waals surface area contributed by atoms with Gasteiger partial charge < -0.3 is 20.3 Å². The number of sulfonamides is 1. The first kappa shape index (κ1) is 30.4. The molecule has 2 aromatic rings. The number of hydrogen-bond donors (Lipinski definition) is 1. The van der Waals surface area contributed by atoms with Crippen molar-refractivity contribution in [3.63, 3.8) is 0 Å². The van der Waals surface area contributed by atoms with Gasteiger partial charge in [-0.2, -0.15) is 17.5 Å². The van der Waals surface area contributed by atoms with Crippen molar-refractivity contribution in [2.45, 2.75) is 55.6 Å². The molecular formula is C25H27Cl2F3N4O5S. The first-order chi connectivity index (χ1) is 18.6. The summed E-state index contributed by atoms with van der Waals surface area (Å²) in [4.78, 5) is 29.3. The van der Waals surface area contributed by atoms with Gasteiger partial charge in [0.1, 0.15) is 22.9 Å². The van der Waals surface area contributed by atoms with E-state index in [0.717, 1.165) is 22.5 Å². The van der Waals surface area contributed by atoms with E-state index in [1.54, 1.807) is 38.1 Å². The Morgan fingerprint density at radius 1 is 1.05 bits per heavy atom. The molecule has 2 fully saturated rings. The molecule has 0 bridgehead atoms. The maximum atomic E-state index is 13.9. The molecule has 3 atom stereocenters. The lowest BCUT2D eigenvalue weighted by atomic mass is 9.96. The number of carbonyl (C=O) groups is 2. The van der Waals surface area contributed by atoms with Crippen molar-refractivity contribution in [3.8, 4) is 5.75 Å². The number of rotatable bonds is 7. The van der Waals surface area contributed by atoms with E-state index in [4.69, 9.17) is 28.9 Å². The Hall–Kier alpha value is -2.58. The van der Waals surface area contributed by atoms with Crippen LogP contribution in [0.2, 0.25) is 10.0 Å². The monoisotopic (exact) mass is 622 g/mol. The number of alkyl halides is 3. The van der Waals surface area contributed by atoms with E-state index < -0.39 is 58.4 Å². The van der Waals surface area contributed by atoms with Crippen LogP contribution in [-0.2, 0) is 26.0 Å². The summed E-state index contributed by atoms with van der Waals surface area (Å²) in [6.07, 6.45) is -5.61. The molecule has 0 spiro atoms. The molecule has 40 heavy (non-hydrogen) atoms. The zero-order chi connectivity index (χ0) is 29.6. The molecule has 218 valence electrons. The summed E-state index contributed by atoms with van der Waals surface area (Å²) in [5, 5.41) is 0.113. The number of nitrogens with zero attached hydrogens (tertiary/aromatic N) is 3. The second-order valence-electron chi connectivity index (χ2n) is 9.83. The summed E-state index contributed by atoms with van der Waals surface area (Å²) in [6, 6.07) is 7.15. The largest absolute Gasteiger partial charge is 0.484 e. The minimum Gasteiger partial charge on any atom is -0.484 e. The van der Waals surface area contributed by atoms with Crippen LogP contribution in [0.25, 0.3) is 0 Å². The van der Waals surface area contributed by atoms with E-state index in [0.29, 0.717) is 10.6 Å². The van der Waals surface area contributed by atoms with Crippen molar-refractivity contribution in [1.29, 1.82) is 0 Å². The Balaban J connectivity index is 1.72. The van der Waals surface area contributed by atoms with Crippen LogP contribution >= 0.6 is 23.2 Å². The predicted molar refractivity (Wildman–Crippen MR) is 141 cm³/mol. The highest BCUT2D eigenvalue weighted by atomic mass is 35.5. The first-order valence-electron chi connectivity index (χ1n) is 12.2. The average molecular weight is 623 g/mol. The SMILES string of the molecule is CC(C)N1CC2N(C(=O)C(N)CN2S(=O)(=O)c2ccc(OCC(F)(F)F)cc2Cl)C(Cc2ccc(Cl)cc2)C1=O. The Morgan fingerprint density at radius 2 is 1.70 bits per heavy atom. The first-order valence-corrected chi connectivity index (χ1v) is 14.4. The summed E-state index contributed by atoms with van der Waals surface area (Å²) in [5.41, 5.74) is 6.81. The summed E-state index contributed by atoms with van der Waals surface area (Å²) in [6.45, 7) is 1.47. The number of piperazine rings is 1. The zero-order valence-corrected chi connectivity index (χ0v) is 23.8. The molecule has 0 radical (unpaired) electrons. The maximum Gasteiger partial charge on any atom is 0.422 e. The van der Waals surface area contributed by atoms with E-state index in [1.165, 1.54) is 9.80 Å². The summed E-state index contributed by atoms with van der Waals surface area (Å²) in [5.74, 6) is -1.20. The van der Waals surface area contributed by atoms with Gasteiger partial charge in [-0.25, -0.2) is 8.42 Å². The smallest absolute Gasteiger partial charge is 0.422 e. The molecule has 2 aliphatic heterocycles. The summed E-state index contributed by atoms with van der Waals surface area (Å²) in [7, 11) is -4.45. The van der Waals surface area contributed by atoms with Crippen molar-refractivity contribution in [2.75, 3.05) is 19.7 Å². The van der Waals surface area contributed by atoms with E-state index in [-0.39, 0.29) is 35.7 Å². The number of ether oxygens (including phenoxy) is 1. The standard InChI is InChI=1S/C25H27Cl2F3N4O5S/c1-14(2)32-12-22-33(40(37,38)21-8-7-17(10-18(21)27)39-13-25(28,29)30)11-19(31)23(35)34(22)20(24(32)36)9-15-3-5-16(26)6-4-15/h3-8,10,14,19-20,22H,9,11-13,31H2,1-2H3. The highest BCUT2D eigenvalue weighted by Gasteiger charge is 2.53. The summed E-state index contributed by atoms with van der Waals surface area (Å²) >= 11 is 12.2. The van der Waals surface area contributed by atoms with E-state index >= 15 is 0 Å².